The van der Waals surface area contributed by atoms with Crippen molar-refractivity contribution < 1.29 is 18.0 Å². The average Bonchev–Trinajstić information content (AvgIpc) is 2.85. The Morgan fingerprint density at radius 1 is 1.21 bits per heavy atom. The lowest BCUT2D eigenvalue weighted by Gasteiger charge is -2.22. The van der Waals surface area contributed by atoms with Gasteiger partial charge in [0.05, 0.1) is 16.9 Å². The van der Waals surface area contributed by atoms with Gasteiger partial charge in [-0.25, -0.2) is 12.7 Å². The molecule has 0 aliphatic carbocycles. The van der Waals surface area contributed by atoms with Gasteiger partial charge in [-0.05, 0) is 63.1 Å². The van der Waals surface area contributed by atoms with Crippen LogP contribution >= 0.6 is 0 Å². The highest BCUT2D eigenvalue weighted by Gasteiger charge is 2.50. The van der Waals surface area contributed by atoms with Crippen molar-refractivity contribution in [3.05, 3.63) is 59.9 Å². The number of pyridine rings is 1. The highest BCUT2D eigenvalue weighted by Crippen LogP contribution is 2.36. The molecule has 0 atom stereocenters. The van der Waals surface area contributed by atoms with Crippen LogP contribution in [-0.2, 0) is 21.2 Å². The third kappa shape index (κ3) is 4.32. The quantitative estimate of drug-likeness (QED) is 0.723. The predicted octanol–water partition coefficient (Wildman–Crippen LogP) is 2.49. The number of aromatic nitrogens is 1. The van der Waals surface area contributed by atoms with Gasteiger partial charge in [0.15, 0.2) is 0 Å². The van der Waals surface area contributed by atoms with Crippen LogP contribution in [0.5, 0.6) is 0 Å². The summed E-state index contributed by atoms with van der Waals surface area (Å²) in [7, 11) is -3.76. The summed E-state index contributed by atoms with van der Waals surface area (Å²) in [6.07, 6.45) is 4.12. The summed E-state index contributed by atoms with van der Waals surface area (Å²) < 4.78 is 25.9. The summed E-state index contributed by atoms with van der Waals surface area (Å²) in [5, 5.41) is 0. The zero-order valence-corrected chi connectivity index (χ0v) is 17.6. The van der Waals surface area contributed by atoms with Gasteiger partial charge in [-0.3, -0.25) is 14.6 Å². The molecule has 1 aliphatic heterocycles. The third-order valence-electron chi connectivity index (χ3n) is 5.00. The lowest BCUT2D eigenvalue weighted by atomic mass is 9.95. The second-order valence-corrected chi connectivity index (χ2v) is 9.57. The molecule has 2 aromatic rings. The maximum Gasteiger partial charge on any atom is 0.253 e. The molecule has 2 amide bonds. The Kier molecular flexibility index (Phi) is 5.75. The number of nitrogens with zero attached hydrogens (tertiary/aromatic N) is 3. The van der Waals surface area contributed by atoms with Gasteiger partial charge in [0, 0.05) is 31.0 Å². The van der Waals surface area contributed by atoms with E-state index in [1.165, 1.54) is 6.07 Å². The Bertz CT molecular complexity index is 1020. The molecule has 0 bridgehead atoms. The zero-order chi connectivity index (χ0) is 21.2. The molecule has 1 aromatic carbocycles. The second-order valence-electron chi connectivity index (χ2n) is 7.75. The van der Waals surface area contributed by atoms with Gasteiger partial charge in [-0.15, -0.1) is 0 Å². The summed E-state index contributed by atoms with van der Waals surface area (Å²) in [5.74, 6) is -0.928. The monoisotopic (exact) mass is 415 g/mol. The van der Waals surface area contributed by atoms with Crippen molar-refractivity contribution in [2.75, 3.05) is 23.1 Å². The summed E-state index contributed by atoms with van der Waals surface area (Å²) in [4.78, 5) is 31.3. The number of carbonyl (C=O) groups excluding carboxylic acids is 2. The number of hydrogen-bond acceptors (Lipinski definition) is 5. The fourth-order valence-electron chi connectivity index (χ4n) is 3.43. The maximum atomic E-state index is 13.0. The van der Waals surface area contributed by atoms with E-state index in [1.54, 1.807) is 49.3 Å². The fraction of sp³-hybridized carbons (Fsp3) is 0.381. The average molecular weight is 416 g/mol. The van der Waals surface area contributed by atoms with Crippen LogP contribution in [-0.4, -0.2) is 49.0 Å². The molecule has 0 radical (unpaired) electrons. The second kappa shape index (κ2) is 7.94. The molecule has 7 nitrogen and oxygen atoms in total. The lowest BCUT2D eigenvalue weighted by molar-refractivity contribution is -0.123. The van der Waals surface area contributed by atoms with Crippen LogP contribution in [0.25, 0.3) is 0 Å². The van der Waals surface area contributed by atoms with Crippen LogP contribution in [0, 0.1) is 5.41 Å². The molecule has 0 N–H and O–H groups in total. The van der Waals surface area contributed by atoms with Crippen molar-refractivity contribution in [3.63, 3.8) is 0 Å². The van der Waals surface area contributed by atoms with E-state index in [4.69, 9.17) is 0 Å². The first kappa shape index (κ1) is 21.0. The number of benzene rings is 1. The fourth-order valence-corrected chi connectivity index (χ4v) is 5.53. The molecule has 1 aliphatic rings. The lowest BCUT2D eigenvalue weighted by Crippen LogP contribution is -2.34. The number of sulfonamides is 1. The van der Waals surface area contributed by atoms with E-state index in [0.29, 0.717) is 25.1 Å². The molecular weight excluding hydrogens is 390 g/mol. The van der Waals surface area contributed by atoms with Crippen LogP contribution in [0.1, 0.15) is 36.7 Å². The molecule has 2 heterocycles. The number of carbonyl (C=O) groups is 2. The standard InChI is InChI=1S/C21H25N3O4S/c1-4-23(13-10-16-8-11-22-12-9-16)19(25)17-6-5-7-18(14-17)24-20(26)21(2,3)15-29(24,27)28/h5-9,11-12,14H,4,10,13,15H2,1-3H3. The molecule has 0 saturated carbocycles. The van der Waals surface area contributed by atoms with Gasteiger partial charge >= 0.3 is 0 Å². The molecule has 3 rings (SSSR count). The largest absolute Gasteiger partial charge is 0.339 e. The summed E-state index contributed by atoms with van der Waals surface area (Å²) in [6, 6.07) is 10.1. The minimum atomic E-state index is -3.76. The van der Waals surface area contributed by atoms with Gasteiger partial charge in [0.25, 0.3) is 5.91 Å². The first-order chi connectivity index (χ1) is 13.7. The summed E-state index contributed by atoms with van der Waals surface area (Å²) in [6.45, 7) is 6.16. The Labute approximate surface area is 171 Å². The van der Waals surface area contributed by atoms with Crippen molar-refractivity contribution in [1.29, 1.82) is 0 Å². The van der Waals surface area contributed by atoms with E-state index in [0.717, 1.165) is 9.87 Å². The van der Waals surface area contributed by atoms with E-state index in [2.05, 4.69) is 4.98 Å². The number of likely N-dealkylation sites (N-methyl/N-ethyl adjacent to an activating group) is 1. The van der Waals surface area contributed by atoms with Crippen molar-refractivity contribution in [2.24, 2.45) is 5.41 Å². The van der Waals surface area contributed by atoms with Gasteiger partial charge < -0.3 is 4.90 Å². The van der Waals surface area contributed by atoms with Crippen LogP contribution in [0.15, 0.2) is 48.8 Å². The highest BCUT2D eigenvalue weighted by atomic mass is 32.2. The molecule has 0 unspecified atom stereocenters. The Hall–Kier alpha value is -2.74. The molecule has 0 spiro atoms. The minimum Gasteiger partial charge on any atom is -0.339 e. The van der Waals surface area contributed by atoms with Crippen molar-refractivity contribution in [3.8, 4) is 0 Å². The first-order valence-corrected chi connectivity index (χ1v) is 11.1. The van der Waals surface area contributed by atoms with Crippen LogP contribution in [0.3, 0.4) is 0 Å². The molecule has 8 heteroatoms. The van der Waals surface area contributed by atoms with Gasteiger partial charge in [-0.2, -0.15) is 0 Å². The van der Waals surface area contributed by atoms with E-state index in [1.807, 2.05) is 19.1 Å². The van der Waals surface area contributed by atoms with E-state index in [9.17, 15) is 18.0 Å². The smallest absolute Gasteiger partial charge is 0.253 e. The zero-order valence-electron chi connectivity index (χ0n) is 16.8. The molecule has 154 valence electrons. The number of hydrogen-bond donors (Lipinski definition) is 0. The molecule has 1 fully saturated rings. The van der Waals surface area contributed by atoms with Crippen molar-refractivity contribution in [1.82, 2.24) is 9.88 Å². The Balaban J connectivity index is 1.83. The number of rotatable bonds is 6. The molecular formula is C21H25N3O4S. The Morgan fingerprint density at radius 2 is 1.90 bits per heavy atom. The van der Waals surface area contributed by atoms with Crippen LogP contribution in [0.4, 0.5) is 5.69 Å². The first-order valence-electron chi connectivity index (χ1n) is 9.51. The molecule has 29 heavy (non-hydrogen) atoms. The highest BCUT2D eigenvalue weighted by molar-refractivity contribution is 7.94. The van der Waals surface area contributed by atoms with E-state index >= 15 is 0 Å². The SMILES string of the molecule is CCN(CCc1ccncc1)C(=O)c1cccc(N2C(=O)C(C)(C)CS2(=O)=O)c1. The van der Waals surface area contributed by atoms with E-state index < -0.39 is 21.3 Å². The van der Waals surface area contributed by atoms with Crippen LogP contribution in [0.2, 0.25) is 0 Å². The number of amides is 2. The topological polar surface area (TPSA) is 87.7 Å². The minimum absolute atomic E-state index is 0.202. The maximum absolute atomic E-state index is 13.0. The van der Waals surface area contributed by atoms with Crippen molar-refractivity contribution >= 4 is 27.5 Å². The van der Waals surface area contributed by atoms with Gasteiger partial charge in [-0.1, -0.05) is 6.07 Å². The molecule has 1 aromatic heterocycles. The van der Waals surface area contributed by atoms with Gasteiger partial charge in [0.2, 0.25) is 15.9 Å². The van der Waals surface area contributed by atoms with Crippen LogP contribution < -0.4 is 4.31 Å². The summed E-state index contributed by atoms with van der Waals surface area (Å²) in [5.41, 5.74) is 0.651. The third-order valence-corrected chi connectivity index (χ3v) is 7.02. The van der Waals surface area contributed by atoms with Gasteiger partial charge in [0.1, 0.15) is 0 Å². The molecule has 1 saturated heterocycles. The summed E-state index contributed by atoms with van der Waals surface area (Å²) >= 11 is 0. The number of anilines is 1. The Morgan fingerprint density at radius 3 is 2.48 bits per heavy atom. The normalized spacial score (nSPS) is 17.3. The van der Waals surface area contributed by atoms with Crippen molar-refractivity contribution in [2.45, 2.75) is 27.2 Å². The predicted molar refractivity (Wildman–Crippen MR) is 111 cm³/mol. The van der Waals surface area contributed by atoms with E-state index in [-0.39, 0.29) is 17.3 Å².